The molecule has 0 radical (unpaired) electrons. The summed E-state index contributed by atoms with van der Waals surface area (Å²) < 4.78 is 4.83. The zero-order chi connectivity index (χ0) is 18.9. The molecule has 0 aromatic heterocycles. The maximum atomic E-state index is 12.7. The minimum absolute atomic E-state index is 0.0604. The van der Waals surface area contributed by atoms with Gasteiger partial charge in [0.2, 0.25) is 5.91 Å². The summed E-state index contributed by atoms with van der Waals surface area (Å²) in [4.78, 5) is 24.7. The fraction of sp³-hybridized carbons (Fsp3) is 0.364. The molecular formula is C22H27NO3. The van der Waals surface area contributed by atoms with Crippen LogP contribution in [0.3, 0.4) is 0 Å². The van der Waals surface area contributed by atoms with Gasteiger partial charge in [0.05, 0.1) is 7.11 Å². The molecule has 26 heavy (non-hydrogen) atoms. The van der Waals surface area contributed by atoms with Crippen LogP contribution in [0.5, 0.6) is 0 Å². The first-order valence-electron chi connectivity index (χ1n) is 8.98. The van der Waals surface area contributed by atoms with Crippen molar-refractivity contribution < 1.29 is 14.3 Å². The number of hydrogen-bond donors (Lipinski definition) is 1. The smallest absolute Gasteiger partial charge is 0.328 e. The van der Waals surface area contributed by atoms with Crippen LogP contribution in [0.4, 0.5) is 0 Å². The molecule has 0 saturated carbocycles. The Balaban J connectivity index is 2.17. The Labute approximate surface area is 155 Å². The Morgan fingerprint density at radius 1 is 0.923 bits per heavy atom. The number of amides is 1. The summed E-state index contributed by atoms with van der Waals surface area (Å²) >= 11 is 0. The van der Waals surface area contributed by atoms with Gasteiger partial charge in [0.25, 0.3) is 0 Å². The predicted octanol–water partition coefficient (Wildman–Crippen LogP) is 3.91. The molecule has 0 aliphatic carbocycles. The van der Waals surface area contributed by atoms with E-state index in [-0.39, 0.29) is 24.2 Å². The molecule has 0 spiro atoms. The Morgan fingerprint density at radius 2 is 1.42 bits per heavy atom. The van der Waals surface area contributed by atoms with Gasteiger partial charge in [0.1, 0.15) is 6.04 Å². The van der Waals surface area contributed by atoms with Gasteiger partial charge < -0.3 is 10.1 Å². The molecule has 0 saturated heterocycles. The lowest BCUT2D eigenvalue weighted by molar-refractivity contribution is -0.145. The van der Waals surface area contributed by atoms with Crippen molar-refractivity contribution in [2.24, 2.45) is 5.92 Å². The molecule has 1 atom stereocenters. The third-order valence-electron chi connectivity index (χ3n) is 4.32. The molecule has 1 amide bonds. The van der Waals surface area contributed by atoms with Crippen LogP contribution in [0.15, 0.2) is 60.7 Å². The van der Waals surface area contributed by atoms with Crippen molar-refractivity contribution in [3.8, 4) is 0 Å². The standard InChI is InChI=1S/C22H27NO3/c1-16(2)14-20(22(25)26-3)23-21(24)15-19(17-10-6-4-7-11-17)18-12-8-5-9-13-18/h4-13,16,19-20H,14-15H2,1-3H3,(H,23,24)/t20-/m1/s1. The molecule has 138 valence electrons. The third-order valence-corrected chi connectivity index (χ3v) is 4.32. The zero-order valence-electron chi connectivity index (χ0n) is 15.6. The van der Waals surface area contributed by atoms with Crippen LogP contribution in [0.25, 0.3) is 0 Å². The van der Waals surface area contributed by atoms with E-state index in [2.05, 4.69) is 5.32 Å². The molecule has 0 fully saturated rings. The van der Waals surface area contributed by atoms with Crippen molar-refractivity contribution in [3.63, 3.8) is 0 Å². The quantitative estimate of drug-likeness (QED) is 0.732. The number of carbonyl (C=O) groups is 2. The van der Waals surface area contributed by atoms with E-state index < -0.39 is 12.0 Å². The maximum Gasteiger partial charge on any atom is 0.328 e. The van der Waals surface area contributed by atoms with Crippen molar-refractivity contribution in [1.82, 2.24) is 5.32 Å². The van der Waals surface area contributed by atoms with E-state index in [1.807, 2.05) is 74.5 Å². The van der Waals surface area contributed by atoms with Crippen molar-refractivity contribution in [2.75, 3.05) is 7.11 Å². The minimum atomic E-state index is -0.611. The molecule has 0 aliphatic rings. The molecule has 2 rings (SSSR count). The second-order valence-electron chi connectivity index (χ2n) is 6.85. The lowest BCUT2D eigenvalue weighted by Crippen LogP contribution is -2.42. The van der Waals surface area contributed by atoms with E-state index in [0.717, 1.165) is 11.1 Å². The average Bonchev–Trinajstić information content (AvgIpc) is 2.66. The lowest BCUT2D eigenvalue weighted by Gasteiger charge is -2.21. The summed E-state index contributed by atoms with van der Waals surface area (Å²) in [5.41, 5.74) is 2.15. The molecule has 0 aliphatic heterocycles. The fourth-order valence-corrected chi connectivity index (χ4v) is 3.07. The highest BCUT2D eigenvalue weighted by atomic mass is 16.5. The molecule has 0 unspecified atom stereocenters. The monoisotopic (exact) mass is 353 g/mol. The number of carbonyl (C=O) groups excluding carboxylic acids is 2. The highest BCUT2D eigenvalue weighted by Crippen LogP contribution is 2.27. The molecular weight excluding hydrogens is 326 g/mol. The summed E-state index contributed by atoms with van der Waals surface area (Å²) in [6.07, 6.45) is 0.833. The van der Waals surface area contributed by atoms with E-state index in [1.54, 1.807) is 0 Å². The van der Waals surface area contributed by atoms with Gasteiger partial charge in [0.15, 0.2) is 0 Å². The molecule has 4 nitrogen and oxygen atoms in total. The third kappa shape index (κ3) is 5.73. The van der Waals surface area contributed by atoms with Crippen LogP contribution >= 0.6 is 0 Å². The van der Waals surface area contributed by atoms with Crippen molar-refractivity contribution in [2.45, 2.75) is 38.6 Å². The molecule has 0 bridgehead atoms. The minimum Gasteiger partial charge on any atom is -0.467 e. The topological polar surface area (TPSA) is 55.4 Å². The summed E-state index contributed by atoms with van der Waals surface area (Å²) in [7, 11) is 1.35. The highest BCUT2D eigenvalue weighted by Gasteiger charge is 2.25. The van der Waals surface area contributed by atoms with Crippen molar-refractivity contribution in [3.05, 3.63) is 71.8 Å². The summed E-state index contributed by atoms with van der Waals surface area (Å²) in [5.74, 6) is -0.338. The van der Waals surface area contributed by atoms with Crippen LogP contribution in [-0.2, 0) is 14.3 Å². The van der Waals surface area contributed by atoms with Gasteiger partial charge in [-0.25, -0.2) is 4.79 Å². The van der Waals surface area contributed by atoms with Crippen molar-refractivity contribution in [1.29, 1.82) is 0 Å². The number of hydrogen-bond acceptors (Lipinski definition) is 3. The van der Waals surface area contributed by atoms with E-state index in [0.29, 0.717) is 6.42 Å². The van der Waals surface area contributed by atoms with Crippen LogP contribution in [0.2, 0.25) is 0 Å². The lowest BCUT2D eigenvalue weighted by atomic mass is 9.88. The molecule has 1 N–H and O–H groups in total. The molecule has 2 aromatic rings. The second-order valence-corrected chi connectivity index (χ2v) is 6.85. The first kappa shape index (κ1) is 19.7. The largest absolute Gasteiger partial charge is 0.467 e. The summed E-state index contributed by atoms with van der Waals surface area (Å²) in [5, 5.41) is 2.86. The maximum absolute atomic E-state index is 12.7. The summed E-state index contributed by atoms with van der Waals surface area (Å²) in [6.45, 7) is 4.03. The Bertz CT molecular complexity index is 658. The van der Waals surface area contributed by atoms with Crippen LogP contribution < -0.4 is 5.32 Å². The van der Waals surface area contributed by atoms with Crippen LogP contribution in [0.1, 0.15) is 43.7 Å². The number of ether oxygens (including phenoxy) is 1. The van der Waals surface area contributed by atoms with E-state index in [4.69, 9.17) is 4.74 Å². The van der Waals surface area contributed by atoms with Gasteiger partial charge in [-0.3, -0.25) is 4.79 Å². The Kier molecular flexibility index (Phi) is 7.39. The van der Waals surface area contributed by atoms with E-state index in [1.165, 1.54) is 7.11 Å². The van der Waals surface area contributed by atoms with Gasteiger partial charge in [-0.1, -0.05) is 74.5 Å². The average molecular weight is 353 g/mol. The van der Waals surface area contributed by atoms with Crippen molar-refractivity contribution >= 4 is 11.9 Å². The number of esters is 1. The van der Waals surface area contributed by atoms with Gasteiger partial charge in [-0.05, 0) is 23.5 Å². The highest BCUT2D eigenvalue weighted by molar-refractivity contribution is 5.85. The first-order valence-corrected chi connectivity index (χ1v) is 8.98. The molecule has 4 heteroatoms. The Hall–Kier alpha value is -2.62. The number of methoxy groups -OCH3 is 1. The number of rotatable bonds is 8. The van der Waals surface area contributed by atoms with Crippen LogP contribution in [0, 0.1) is 5.92 Å². The number of benzene rings is 2. The normalized spacial score (nSPS) is 12.0. The Morgan fingerprint density at radius 3 is 1.85 bits per heavy atom. The first-order chi connectivity index (χ1) is 12.5. The predicted molar refractivity (Wildman–Crippen MR) is 103 cm³/mol. The zero-order valence-corrected chi connectivity index (χ0v) is 15.6. The van der Waals surface area contributed by atoms with Gasteiger partial charge in [-0.2, -0.15) is 0 Å². The molecule has 2 aromatic carbocycles. The fourth-order valence-electron chi connectivity index (χ4n) is 3.07. The summed E-state index contributed by atoms with van der Waals surface area (Å²) in [6, 6.07) is 19.3. The van der Waals surface area contributed by atoms with Gasteiger partial charge in [0, 0.05) is 12.3 Å². The second kappa shape index (κ2) is 9.76. The molecule has 0 heterocycles. The van der Waals surface area contributed by atoms with E-state index in [9.17, 15) is 9.59 Å². The van der Waals surface area contributed by atoms with E-state index >= 15 is 0 Å². The number of nitrogens with one attached hydrogen (secondary N) is 1. The van der Waals surface area contributed by atoms with Gasteiger partial charge in [-0.15, -0.1) is 0 Å². The SMILES string of the molecule is COC(=O)[C@@H](CC(C)C)NC(=O)CC(c1ccccc1)c1ccccc1. The van der Waals surface area contributed by atoms with Crippen LogP contribution in [-0.4, -0.2) is 25.0 Å². The van der Waals surface area contributed by atoms with Gasteiger partial charge >= 0.3 is 5.97 Å².